The fourth-order valence-electron chi connectivity index (χ4n) is 4.24. The van der Waals surface area contributed by atoms with Gasteiger partial charge in [0.2, 0.25) is 5.91 Å². The van der Waals surface area contributed by atoms with Gasteiger partial charge in [0.25, 0.3) is 11.8 Å². The van der Waals surface area contributed by atoms with E-state index in [9.17, 15) is 14.4 Å². The minimum absolute atomic E-state index is 0.0734. The highest BCUT2D eigenvalue weighted by atomic mass is 35.5. The van der Waals surface area contributed by atoms with E-state index >= 15 is 0 Å². The summed E-state index contributed by atoms with van der Waals surface area (Å²) in [6.07, 6.45) is 3.43. The standard InChI is InChI=1S/C33H26Cl2N4O3S/c1-20(31(40)38-29-15-14-23(34)17-27(29)35)43-25-11-7-10-24(18-25)37-33(42)30(39-32(41)21-8-3-2-4-9-21)16-22-19-36-28-13-6-5-12-26(22)28/h2-20,36H,1H3,(H,37,42)(H,38,40)(H,39,41)/b30-16-. The van der Waals surface area contributed by atoms with Crippen LogP contribution in [0.4, 0.5) is 11.4 Å². The topological polar surface area (TPSA) is 103 Å². The van der Waals surface area contributed by atoms with E-state index in [1.165, 1.54) is 11.8 Å². The van der Waals surface area contributed by atoms with E-state index in [4.69, 9.17) is 23.2 Å². The number of benzene rings is 4. The summed E-state index contributed by atoms with van der Waals surface area (Å²) in [6.45, 7) is 1.77. The third kappa shape index (κ3) is 7.67. The monoisotopic (exact) mass is 628 g/mol. The number of anilines is 2. The van der Waals surface area contributed by atoms with Crippen LogP contribution >= 0.6 is 35.0 Å². The molecule has 0 aliphatic heterocycles. The van der Waals surface area contributed by atoms with E-state index in [0.29, 0.717) is 27.0 Å². The summed E-state index contributed by atoms with van der Waals surface area (Å²) < 4.78 is 0. The molecule has 0 saturated carbocycles. The van der Waals surface area contributed by atoms with Crippen molar-refractivity contribution in [3.63, 3.8) is 0 Å². The smallest absolute Gasteiger partial charge is 0.272 e. The van der Waals surface area contributed by atoms with Gasteiger partial charge in [-0.2, -0.15) is 0 Å². The highest BCUT2D eigenvalue weighted by molar-refractivity contribution is 8.00. The number of hydrogen-bond acceptors (Lipinski definition) is 4. The molecule has 3 amide bonds. The van der Waals surface area contributed by atoms with Crippen molar-refractivity contribution >= 4 is 81.0 Å². The first kappa shape index (κ1) is 30.0. The van der Waals surface area contributed by atoms with E-state index < -0.39 is 17.1 Å². The summed E-state index contributed by atoms with van der Waals surface area (Å²) in [5.74, 6) is -1.15. The second-order valence-electron chi connectivity index (χ2n) is 9.52. The molecule has 7 nitrogen and oxygen atoms in total. The SMILES string of the molecule is CC(Sc1cccc(NC(=O)/C(=C/c2c[nH]c3ccccc23)NC(=O)c2ccccc2)c1)C(=O)Nc1ccc(Cl)cc1Cl. The Morgan fingerprint density at radius 2 is 1.63 bits per heavy atom. The molecule has 216 valence electrons. The predicted octanol–water partition coefficient (Wildman–Crippen LogP) is 8.00. The summed E-state index contributed by atoms with van der Waals surface area (Å²) in [4.78, 5) is 43.3. The number of H-pyrrole nitrogens is 1. The lowest BCUT2D eigenvalue weighted by molar-refractivity contribution is -0.115. The molecule has 4 aromatic carbocycles. The van der Waals surface area contributed by atoms with Gasteiger partial charge in [-0.15, -0.1) is 11.8 Å². The number of rotatable bonds is 9. The average Bonchev–Trinajstić information content (AvgIpc) is 3.41. The quantitative estimate of drug-likeness (QED) is 0.0980. The van der Waals surface area contributed by atoms with E-state index in [0.717, 1.165) is 21.4 Å². The van der Waals surface area contributed by atoms with Crippen molar-refractivity contribution in [3.05, 3.63) is 130 Å². The number of nitrogens with one attached hydrogen (secondary N) is 4. The Bertz CT molecular complexity index is 1840. The molecule has 0 aliphatic carbocycles. The summed E-state index contributed by atoms with van der Waals surface area (Å²) in [7, 11) is 0. The number of carbonyl (C=O) groups is 3. The second-order valence-corrected chi connectivity index (χ2v) is 11.8. The van der Waals surface area contributed by atoms with Gasteiger partial charge >= 0.3 is 0 Å². The van der Waals surface area contributed by atoms with Gasteiger partial charge in [0.1, 0.15) is 5.70 Å². The van der Waals surface area contributed by atoms with Crippen molar-refractivity contribution in [2.75, 3.05) is 10.6 Å². The lowest BCUT2D eigenvalue weighted by Crippen LogP contribution is -2.30. The third-order valence-corrected chi connectivity index (χ3v) is 8.05. The van der Waals surface area contributed by atoms with E-state index in [1.807, 2.05) is 36.4 Å². The molecule has 1 heterocycles. The molecule has 0 bridgehead atoms. The van der Waals surface area contributed by atoms with Crippen LogP contribution in [-0.2, 0) is 9.59 Å². The molecule has 0 radical (unpaired) electrons. The number of thioether (sulfide) groups is 1. The Morgan fingerprint density at radius 1 is 0.860 bits per heavy atom. The number of hydrogen-bond donors (Lipinski definition) is 4. The highest BCUT2D eigenvalue weighted by Gasteiger charge is 2.18. The Kier molecular flexibility index (Phi) is 9.51. The predicted molar refractivity (Wildman–Crippen MR) is 176 cm³/mol. The Labute approximate surface area is 262 Å². The summed E-state index contributed by atoms with van der Waals surface area (Å²) in [5.41, 5.74) is 3.12. The summed E-state index contributed by atoms with van der Waals surface area (Å²) in [6, 6.07) is 28.4. The number of halogens is 2. The number of amides is 3. The fraction of sp³-hybridized carbons (Fsp3) is 0.0606. The number of aromatic nitrogens is 1. The lowest BCUT2D eigenvalue weighted by Gasteiger charge is -2.14. The number of aromatic amines is 1. The van der Waals surface area contributed by atoms with Crippen molar-refractivity contribution < 1.29 is 14.4 Å². The number of carbonyl (C=O) groups excluding carboxylic acids is 3. The van der Waals surface area contributed by atoms with Crippen LogP contribution in [0.5, 0.6) is 0 Å². The maximum absolute atomic E-state index is 13.5. The van der Waals surface area contributed by atoms with Crippen LogP contribution in [0.1, 0.15) is 22.8 Å². The molecule has 1 unspecified atom stereocenters. The first-order valence-corrected chi connectivity index (χ1v) is 14.9. The van der Waals surface area contributed by atoms with Crippen LogP contribution in [0.15, 0.2) is 114 Å². The largest absolute Gasteiger partial charge is 0.361 e. The van der Waals surface area contributed by atoms with Gasteiger partial charge in [-0.05, 0) is 67.6 Å². The van der Waals surface area contributed by atoms with Crippen LogP contribution in [0, 0.1) is 0 Å². The fourth-order valence-corrected chi connectivity index (χ4v) is 5.62. The van der Waals surface area contributed by atoms with Gasteiger partial charge in [-0.3, -0.25) is 14.4 Å². The molecular formula is C33H26Cl2N4O3S. The second kappa shape index (κ2) is 13.6. The van der Waals surface area contributed by atoms with Gasteiger partial charge in [-0.1, -0.05) is 65.7 Å². The zero-order chi connectivity index (χ0) is 30.3. The van der Waals surface area contributed by atoms with Gasteiger partial charge in [-0.25, -0.2) is 0 Å². The zero-order valence-electron chi connectivity index (χ0n) is 22.9. The summed E-state index contributed by atoms with van der Waals surface area (Å²) >= 11 is 13.5. The molecule has 10 heteroatoms. The molecule has 4 N–H and O–H groups in total. The highest BCUT2D eigenvalue weighted by Crippen LogP contribution is 2.29. The molecule has 5 rings (SSSR count). The Hall–Kier alpha value is -4.50. The minimum atomic E-state index is -0.500. The van der Waals surface area contributed by atoms with Crippen molar-refractivity contribution in [1.29, 1.82) is 0 Å². The van der Waals surface area contributed by atoms with Gasteiger partial charge in [0.05, 0.1) is 16.0 Å². The van der Waals surface area contributed by atoms with Crippen LogP contribution in [-0.4, -0.2) is 28.0 Å². The van der Waals surface area contributed by atoms with E-state index in [1.54, 1.807) is 79.9 Å². The molecule has 5 aromatic rings. The first-order chi connectivity index (χ1) is 20.8. The minimum Gasteiger partial charge on any atom is -0.361 e. The number of para-hydroxylation sites is 1. The van der Waals surface area contributed by atoms with Gasteiger partial charge < -0.3 is 20.9 Å². The lowest BCUT2D eigenvalue weighted by atomic mass is 10.1. The van der Waals surface area contributed by atoms with Crippen molar-refractivity contribution in [2.24, 2.45) is 0 Å². The van der Waals surface area contributed by atoms with Crippen LogP contribution < -0.4 is 16.0 Å². The van der Waals surface area contributed by atoms with Crippen LogP contribution in [0.25, 0.3) is 17.0 Å². The third-order valence-electron chi connectivity index (χ3n) is 6.41. The van der Waals surface area contributed by atoms with Crippen molar-refractivity contribution in [1.82, 2.24) is 10.3 Å². The van der Waals surface area contributed by atoms with Crippen molar-refractivity contribution in [3.8, 4) is 0 Å². The zero-order valence-corrected chi connectivity index (χ0v) is 25.2. The average molecular weight is 630 g/mol. The Balaban J connectivity index is 1.33. The van der Waals surface area contributed by atoms with E-state index in [2.05, 4.69) is 20.9 Å². The molecule has 43 heavy (non-hydrogen) atoms. The molecule has 0 aliphatic rings. The number of fused-ring (bicyclic) bond motifs is 1. The molecule has 0 fully saturated rings. The maximum Gasteiger partial charge on any atom is 0.272 e. The van der Waals surface area contributed by atoms with Gasteiger partial charge in [0, 0.05) is 43.8 Å². The summed E-state index contributed by atoms with van der Waals surface area (Å²) in [5, 5.41) is 9.72. The van der Waals surface area contributed by atoms with Gasteiger partial charge in [0.15, 0.2) is 0 Å². The van der Waals surface area contributed by atoms with E-state index in [-0.39, 0.29) is 11.6 Å². The Morgan fingerprint density at radius 3 is 2.42 bits per heavy atom. The molecule has 0 spiro atoms. The molecular weight excluding hydrogens is 603 g/mol. The maximum atomic E-state index is 13.5. The molecule has 0 saturated heterocycles. The normalized spacial score (nSPS) is 12.0. The van der Waals surface area contributed by atoms with Crippen LogP contribution in [0.3, 0.4) is 0 Å². The first-order valence-electron chi connectivity index (χ1n) is 13.2. The van der Waals surface area contributed by atoms with Crippen molar-refractivity contribution in [2.45, 2.75) is 17.1 Å². The molecule has 1 atom stereocenters. The molecule has 1 aromatic heterocycles. The van der Waals surface area contributed by atoms with Crippen LogP contribution in [0.2, 0.25) is 10.0 Å².